The summed E-state index contributed by atoms with van der Waals surface area (Å²) in [5, 5.41) is 18.2. The summed E-state index contributed by atoms with van der Waals surface area (Å²) < 4.78 is 6.66. The van der Waals surface area contributed by atoms with E-state index in [0.717, 1.165) is 32.1 Å². The van der Waals surface area contributed by atoms with E-state index in [2.05, 4.69) is 26.2 Å². The third-order valence-corrected chi connectivity index (χ3v) is 21.4. The molecule has 0 bridgehead atoms. The Balaban J connectivity index is 2.79. The summed E-state index contributed by atoms with van der Waals surface area (Å²) in [5.41, 5.74) is -0.0519. The first-order valence-electron chi connectivity index (χ1n) is 7.20. The lowest BCUT2D eigenvalue weighted by molar-refractivity contribution is 0.0226. The molecule has 2 N–H and O–H groups in total. The fraction of sp³-hybridized carbons (Fsp3) is 1.00. The first-order valence-corrected chi connectivity index (χ1v) is 14.3. The highest BCUT2D eigenvalue weighted by Gasteiger charge is 2.52. The third kappa shape index (κ3) is 3.66. The molecular formula is C13H30O3Si2. The molecule has 0 amide bonds. The third-order valence-electron chi connectivity index (χ3n) is 4.89. The van der Waals surface area contributed by atoms with E-state index in [1.807, 2.05) is 0 Å². The predicted molar refractivity (Wildman–Crippen MR) is 80.8 cm³/mol. The van der Waals surface area contributed by atoms with Crippen molar-refractivity contribution in [2.75, 3.05) is 13.2 Å². The van der Waals surface area contributed by atoms with Gasteiger partial charge in [-0.3, -0.25) is 0 Å². The van der Waals surface area contributed by atoms with Crippen molar-refractivity contribution >= 4 is 15.4 Å². The molecule has 1 rings (SSSR count). The average molecular weight is 291 g/mol. The molecular weight excluding hydrogens is 260 g/mol. The van der Waals surface area contributed by atoms with Crippen molar-refractivity contribution in [3.05, 3.63) is 0 Å². The Morgan fingerprint density at radius 2 is 1.50 bits per heavy atom. The lowest BCUT2D eigenvalue weighted by Crippen LogP contribution is -2.65. The first-order chi connectivity index (χ1) is 8.29. The smallest absolute Gasteiger partial charge is 0.174 e. The predicted octanol–water partition coefficient (Wildman–Crippen LogP) is 2.68. The van der Waals surface area contributed by atoms with Crippen LogP contribution in [0.15, 0.2) is 0 Å². The standard InChI is InChI=1S/C13H30O3Si2/c1-17(2)12-9-13(7-5-10-14,8-6-11-15)16-18(17,3)4/h14-15H,5-12H2,1-4H3. The summed E-state index contributed by atoms with van der Waals surface area (Å²) in [6.45, 7) is 10.1. The Kier molecular flexibility index (Phi) is 5.62. The number of rotatable bonds is 6. The van der Waals surface area contributed by atoms with Gasteiger partial charge >= 0.3 is 0 Å². The normalized spacial score (nSPS) is 25.0. The van der Waals surface area contributed by atoms with Gasteiger partial charge < -0.3 is 14.6 Å². The first kappa shape index (κ1) is 16.4. The minimum Gasteiger partial charge on any atom is -0.415 e. The van der Waals surface area contributed by atoms with Gasteiger partial charge in [-0.1, -0.05) is 19.1 Å². The Bertz CT molecular complexity index is 259. The maximum atomic E-state index is 9.08. The fourth-order valence-electron chi connectivity index (χ4n) is 2.85. The topological polar surface area (TPSA) is 49.7 Å². The van der Waals surface area contributed by atoms with E-state index in [1.165, 1.54) is 6.04 Å². The molecule has 0 atom stereocenters. The molecule has 1 fully saturated rings. The van der Waals surface area contributed by atoms with Crippen LogP contribution in [0.1, 0.15) is 32.1 Å². The van der Waals surface area contributed by atoms with Crippen molar-refractivity contribution in [2.24, 2.45) is 0 Å². The molecule has 108 valence electrons. The van der Waals surface area contributed by atoms with Gasteiger partial charge in [0.1, 0.15) is 0 Å². The molecule has 0 aromatic heterocycles. The van der Waals surface area contributed by atoms with Crippen LogP contribution in [-0.4, -0.2) is 44.5 Å². The highest BCUT2D eigenvalue weighted by atomic mass is 29.3. The monoisotopic (exact) mass is 290 g/mol. The molecule has 0 spiro atoms. The molecule has 1 aliphatic heterocycles. The van der Waals surface area contributed by atoms with Crippen LogP contribution in [0.3, 0.4) is 0 Å². The Labute approximate surface area is 113 Å². The van der Waals surface area contributed by atoms with Gasteiger partial charge in [-0.15, -0.1) is 0 Å². The van der Waals surface area contributed by atoms with E-state index >= 15 is 0 Å². The van der Waals surface area contributed by atoms with E-state index < -0.39 is 15.4 Å². The van der Waals surface area contributed by atoms with Crippen LogP contribution >= 0.6 is 0 Å². The molecule has 1 saturated heterocycles. The fourth-order valence-corrected chi connectivity index (χ4v) is 9.86. The van der Waals surface area contributed by atoms with E-state index in [-0.39, 0.29) is 18.8 Å². The van der Waals surface area contributed by atoms with E-state index in [4.69, 9.17) is 14.6 Å². The molecule has 18 heavy (non-hydrogen) atoms. The maximum absolute atomic E-state index is 9.08. The van der Waals surface area contributed by atoms with Gasteiger partial charge in [-0.2, -0.15) is 0 Å². The average Bonchev–Trinajstić information content (AvgIpc) is 2.29. The molecule has 3 nitrogen and oxygen atoms in total. The molecule has 0 saturated carbocycles. The van der Waals surface area contributed by atoms with E-state index in [9.17, 15) is 0 Å². The Morgan fingerprint density at radius 3 is 1.89 bits per heavy atom. The maximum Gasteiger partial charge on any atom is 0.174 e. The summed E-state index contributed by atoms with van der Waals surface area (Å²) >= 11 is 0. The van der Waals surface area contributed by atoms with Crippen LogP contribution in [0.4, 0.5) is 0 Å². The number of hydrogen-bond donors (Lipinski definition) is 2. The zero-order chi connectivity index (χ0) is 13.9. The molecule has 1 aliphatic rings. The summed E-state index contributed by atoms with van der Waals surface area (Å²) in [6.07, 6.45) is 4.66. The summed E-state index contributed by atoms with van der Waals surface area (Å²) in [4.78, 5) is 0. The number of aliphatic hydroxyl groups is 2. The van der Waals surface area contributed by atoms with Crippen LogP contribution in [0.2, 0.25) is 32.2 Å². The van der Waals surface area contributed by atoms with Crippen LogP contribution in [0.5, 0.6) is 0 Å². The number of aliphatic hydroxyl groups excluding tert-OH is 2. The van der Waals surface area contributed by atoms with Crippen molar-refractivity contribution < 1.29 is 14.6 Å². The molecule has 0 aromatic rings. The van der Waals surface area contributed by atoms with E-state index in [0.29, 0.717) is 0 Å². The Morgan fingerprint density at radius 1 is 1.00 bits per heavy atom. The van der Waals surface area contributed by atoms with Crippen LogP contribution < -0.4 is 0 Å². The van der Waals surface area contributed by atoms with Crippen LogP contribution in [0, 0.1) is 0 Å². The summed E-state index contributed by atoms with van der Waals surface area (Å²) in [5.74, 6) is 0. The van der Waals surface area contributed by atoms with Gasteiger partial charge in [0.25, 0.3) is 0 Å². The minimum atomic E-state index is -1.58. The second kappa shape index (κ2) is 6.18. The second-order valence-electron chi connectivity index (χ2n) is 6.83. The van der Waals surface area contributed by atoms with Gasteiger partial charge in [0.2, 0.25) is 0 Å². The SMILES string of the molecule is C[Si]1(C)CCC(CCCO)(CCCO)O[Si]1(C)C. The summed E-state index contributed by atoms with van der Waals surface area (Å²) in [6, 6.07) is 1.34. The molecule has 0 radical (unpaired) electrons. The van der Waals surface area contributed by atoms with E-state index in [1.54, 1.807) is 0 Å². The highest BCUT2D eigenvalue weighted by molar-refractivity contribution is 7.38. The van der Waals surface area contributed by atoms with Gasteiger partial charge in [0.05, 0.1) is 13.2 Å². The summed E-state index contributed by atoms with van der Waals surface area (Å²) in [7, 11) is -2.77. The van der Waals surface area contributed by atoms with Crippen LogP contribution in [-0.2, 0) is 4.43 Å². The molecule has 0 aromatic carbocycles. The Hall–Kier alpha value is 0.314. The van der Waals surface area contributed by atoms with Crippen molar-refractivity contribution in [1.29, 1.82) is 0 Å². The zero-order valence-corrected chi connectivity index (χ0v) is 14.5. The molecule has 0 unspecified atom stereocenters. The second-order valence-corrected chi connectivity index (χ2v) is 22.0. The molecule has 1 heterocycles. The lowest BCUT2D eigenvalue weighted by atomic mass is 9.90. The lowest BCUT2D eigenvalue weighted by Gasteiger charge is -2.52. The van der Waals surface area contributed by atoms with Gasteiger partial charge in [0, 0.05) is 13.2 Å². The quantitative estimate of drug-likeness (QED) is 0.740. The van der Waals surface area contributed by atoms with Crippen molar-refractivity contribution in [3.63, 3.8) is 0 Å². The van der Waals surface area contributed by atoms with Gasteiger partial charge in [-0.25, -0.2) is 0 Å². The van der Waals surface area contributed by atoms with Gasteiger partial charge in [-0.05, 0) is 45.2 Å². The number of hydrogen-bond acceptors (Lipinski definition) is 3. The van der Waals surface area contributed by atoms with Crippen molar-refractivity contribution in [2.45, 2.75) is 69.9 Å². The zero-order valence-electron chi connectivity index (χ0n) is 12.5. The minimum absolute atomic E-state index is 0.0519. The van der Waals surface area contributed by atoms with Crippen LogP contribution in [0.25, 0.3) is 0 Å². The molecule has 5 heteroatoms. The van der Waals surface area contributed by atoms with Gasteiger partial charge in [0.15, 0.2) is 7.83 Å². The molecule has 0 aliphatic carbocycles. The van der Waals surface area contributed by atoms with Crippen molar-refractivity contribution in [3.8, 4) is 0 Å². The highest BCUT2D eigenvalue weighted by Crippen LogP contribution is 2.43. The largest absolute Gasteiger partial charge is 0.415 e. The van der Waals surface area contributed by atoms with Crippen molar-refractivity contribution in [1.82, 2.24) is 0 Å².